The maximum absolute atomic E-state index is 13.3. The van der Waals surface area contributed by atoms with Gasteiger partial charge in [0.25, 0.3) is 5.91 Å². The number of benzene rings is 2. The lowest BCUT2D eigenvalue weighted by molar-refractivity contribution is -0.131. The number of aryl methyl sites for hydroxylation is 2. The highest BCUT2D eigenvalue weighted by Gasteiger charge is 2.29. The Morgan fingerprint density at radius 2 is 1.78 bits per heavy atom. The minimum Gasteiger partial charge on any atom is -0.491 e. The van der Waals surface area contributed by atoms with Gasteiger partial charge in [-0.25, -0.2) is 0 Å². The first-order valence-corrected chi connectivity index (χ1v) is 13.6. The summed E-state index contributed by atoms with van der Waals surface area (Å²) in [5.41, 5.74) is 3.99. The van der Waals surface area contributed by atoms with Gasteiger partial charge in [0.1, 0.15) is 24.4 Å². The number of nitrogens with zero attached hydrogens (tertiary/aromatic N) is 2. The van der Waals surface area contributed by atoms with Crippen LogP contribution in [0.25, 0.3) is 0 Å². The summed E-state index contributed by atoms with van der Waals surface area (Å²) < 4.78 is 7.58. The van der Waals surface area contributed by atoms with Crippen molar-refractivity contribution in [3.8, 4) is 5.75 Å². The molecule has 41 heavy (non-hydrogen) atoms. The molecule has 1 aliphatic rings. The van der Waals surface area contributed by atoms with E-state index in [1.165, 1.54) is 0 Å². The third kappa shape index (κ3) is 7.71. The SMILES string of the molecule is Cc1nn(C)c(C)c1CCNC(=O)[C@@H]1CC(=O)N[C@@H](Cc2ccccc2)C(=O)NCCOc2ccccc2C(=O)N1. The van der Waals surface area contributed by atoms with Gasteiger partial charge in [0.15, 0.2) is 0 Å². The first kappa shape index (κ1) is 29.3. The molecule has 4 rings (SSSR count). The normalized spacial score (nSPS) is 18.2. The highest BCUT2D eigenvalue weighted by atomic mass is 16.5. The molecule has 0 unspecified atom stereocenters. The molecule has 1 aliphatic heterocycles. The molecule has 0 fully saturated rings. The molecular weight excluding hydrogens is 524 g/mol. The van der Waals surface area contributed by atoms with Gasteiger partial charge in [-0.15, -0.1) is 0 Å². The molecule has 11 heteroatoms. The van der Waals surface area contributed by atoms with Crippen molar-refractivity contribution in [3.05, 3.63) is 82.7 Å². The monoisotopic (exact) mass is 560 g/mol. The molecule has 11 nitrogen and oxygen atoms in total. The van der Waals surface area contributed by atoms with Gasteiger partial charge in [-0.1, -0.05) is 42.5 Å². The molecule has 4 amide bonds. The number of nitrogens with one attached hydrogen (secondary N) is 4. The quantitative estimate of drug-likeness (QED) is 0.356. The summed E-state index contributed by atoms with van der Waals surface area (Å²) in [6.45, 7) is 4.45. The van der Waals surface area contributed by atoms with E-state index in [0.717, 1.165) is 22.5 Å². The molecule has 0 aliphatic carbocycles. The van der Waals surface area contributed by atoms with E-state index < -0.39 is 29.8 Å². The predicted molar refractivity (Wildman–Crippen MR) is 152 cm³/mol. The Morgan fingerprint density at radius 1 is 1.05 bits per heavy atom. The van der Waals surface area contributed by atoms with Crippen molar-refractivity contribution >= 4 is 23.6 Å². The van der Waals surface area contributed by atoms with Crippen molar-refractivity contribution in [1.82, 2.24) is 31.0 Å². The highest BCUT2D eigenvalue weighted by molar-refractivity contribution is 6.01. The molecular formula is C30H36N6O5. The van der Waals surface area contributed by atoms with Crippen LogP contribution in [-0.4, -0.2) is 65.2 Å². The molecule has 0 bridgehead atoms. The molecule has 2 atom stereocenters. The fraction of sp³-hybridized carbons (Fsp3) is 0.367. The van der Waals surface area contributed by atoms with Crippen LogP contribution in [0.3, 0.4) is 0 Å². The third-order valence-corrected chi connectivity index (χ3v) is 7.07. The standard InChI is InChI=1S/C30H36N6O5/c1-19-22(20(2)36(3)35-19)13-14-31-30(40)25-18-27(37)33-24(17-21-9-5-4-6-10-21)29(39)32-15-16-41-26-12-8-7-11-23(26)28(38)34-25/h4-12,24-25H,13-18H2,1-3H3,(H,31,40)(H,32,39)(H,33,37)(H,34,38)/t24-,25-/m0/s1. The van der Waals surface area contributed by atoms with Crippen LogP contribution < -0.4 is 26.0 Å². The molecule has 0 radical (unpaired) electrons. The molecule has 2 aromatic carbocycles. The topological polar surface area (TPSA) is 143 Å². The van der Waals surface area contributed by atoms with Crippen molar-refractivity contribution in [1.29, 1.82) is 0 Å². The number of hydrogen-bond acceptors (Lipinski definition) is 6. The Kier molecular flexibility index (Phi) is 9.73. The molecule has 2 heterocycles. The number of fused-ring (bicyclic) bond motifs is 1. The number of hydrogen-bond donors (Lipinski definition) is 4. The van der Waals surface area contributed by atoms with Gasteiger partial charge in [0, 0.05) is 25.7 Å². The second kappa shape index (κ2) is 13.6. The Labute approximate surface area is 239 Å². The molecule has 0 saturated heterocycles. The average molecular weight is 561 g/mol. The Balaban J connectivity index is 1.54. The maximum Gasteiger partial charge on any atom is 0.255 e. The fourth-order valence-corrected chi connectivity index (χ4v) is 4.79. The van der Waals surface area contributed by atoms with Crippen LogP contribution >= 0.6 is 0 Å². The van der Waals surface area contributed by atoms with Crippen molar-refractivity contribution in [3.63, 3.8) is 0 Å². The van der Waals surface area contributed by atoms with E-state index in [2.05, 4.69) is 26.4 Å². The van der Waals surface area contributed by atoms with E-state index in [4.69, 9.17) is 4.74 Å². The molecule has 4 N–H and O–H groups in total. The summed E-state index contributed by atoms with van der Waals surface area (Å²) in [5, 5.41) is 15.5. The van der Waals surface area contributed by atoms with Crippen LogP contribution in [0.1, 0.15) is 39.3 Å². The molecule has 216 valence electrons. The predicted octanol–water partition coefficient (Wildman–Crippen LogP) is 1.12. The number of aromatic nitrogens is 2. The lowest BCUT2D eigenvalue weighted by atomic mass is 10.0. The van der Waals surface area contributed by atoms with Crippen molar-refractivity contribution < 1.29 is 23.9 Å². The summed E-state index contributed by atoms with van der Waals surface area (Å²) in [5.74, 6) is -1.66. The third-order valence-electron chi connectivity index (χ3n) is 7.07. The minimum atomic E-state index is -1.19. The average Bonchev–Trinajstić information content (AvgIpc) is 3.20. The zero-order valence-electron chi connectivity index (χ0n) is 23.5. The largest absolute Gasteiger partial charge is 0.491 e. The first-order chi connectivity index (χ1) is 19.7. The second-order valence-corrected chi connectivity index (χ2v) is 9.99. The lowest BCUT2D eigenvalue weighted by Crippen LogP contribution is -2.53. The Bertz CT molecular complexity index is 1400. The van der Waals surface area contributed by atoms with E-state index in [1.54, 1.807) is 28.9 Å². The van der Waals surface area contributed by atoms with E-state index in [9.17, 15) is 19.2 Å². The highest BCUT2D eigenvalue weighted by Crippen LogP contribution is 2.18. The zero-order chi connectivity index (χ0) is 29.4. The van der Waals surface area contributed by atoms with Crippen LogP contribution in [0, 0.1) is 13.8 Å². The number of amides is 4. The first-order valence-electron chi connectivity index (χ1n) is 13.6. The van der Waals surface area contributed by atoms with Gasteiger partial charge in [-0.3, -0.25) is 23.9 Å². The number of rotatable bonds is 6. The van der Waals surface area contributed by atoms with Crippen LogP contribution in [0.2, 0.25) is 0 Å². The summed E-state index contributed by atoms with van der Waals surface area (Å²) in [6, 6.07) is 13.9. The van der Waals surface area contributed by atoms with Gasteiger partial charge >= 0.3 is 0 Å². The smallest absolute Gasteiger partial charge is 0.255 e. The number of para-hydroxylation sites is 1. The molecule has 3 aromatic rings. The van der Waals surface area contributed by atoms with Crippen LogP contribution in [0.15, 0.2) is 54.6 Å². The summed E-state index contributed by atoms with van der Waals surface area (Å²) in [6.07, 6.45) is 0.444. The van der Waals surface area contributed by atoms with Crippen LogP contribution in [-0.2, 0) is 34.3 Å². The van der Waals surface area contributed by atoms with Gasteiger partial charge in [0.2, 0.25) is 17.7 Å². The minimum absolute atomic E-state index is 0.110. The van der Waals surface area contributed by atoms with Crippen LogP contribution in [0.4, 0.5) is 0 Å². The molecule has 0 saturated carbocycles. The van der Waals surface area contributed by atoms with Gasteiger partial charge in [0.05, 0.1) is 24.2 Å². The molecule has 0 spiro atoms. The zero-order valence-corrected chi connectivity index (χ0v) is 23.5. The number of ether oxygens (including phenoxy) is 1. The van der Waals surface area contributed by atoms with E-state index in [0.29, 0.717) is 18.7 Å². The van der Waals surface area contributed by atoms with E-state index in [-0.39, 0.29) is 37.5 Å². The summed E-state index contributed by atoms with van der Waals surface area (Å²) >= 11 is 0. The van der Waals surface area contributed by atoms with E-state index in [1.807, 2.05) is 51.2 Å². The van der Waals surface area contributed by atoms with Crippen LogP contribution in [0.5, 0.6) is 5.75 Å². The van der Waals surface area contributed by atoms with Crippen molar-refractivity contribution in [2.24, 2.45) is 7.05 Å². The van der Waals surface area contributed by atoms with Crippen molar-refractivity contribution in [2.75, 3.05) is 19.7 Å². The summed E-state index contributed by atoms with van der Waals surface area (Å²) in [4.78, 5) is 52.8. The maximum atomic E-state index is 13.3. The lowest BCUT2D eigenvalue weighted by Gasteiger charge is -2.23. The fourth-order valence-electron chi connectivity index (χ4n) is 4.79. The Morgan fingerprint density at radius 3 is 2.51 bits per heavy atom. The second-order valence-electron chi connectivity index (χ2n) is 9.99. The number of carbonyl (C=O) groups is 4. The number of carbonyl (C=O) groups excluding carboxylic acids is 4. The summed E-state index contributed by atoms with van der Waals surface area (Å²) in [7, 11) is 1.86. The van der Waals surface area contributed by atoms with Gasteiger partial charge < -0.3 is 26.0 Å². The molecule has 1 aromatic heterocycles. The van der Waals surface area contributed by atoms with Gasteiger partial charge in [-0.2, -0.15) is 5.10 Å². The Hall–Kier alpha value is -4.67. The van der Waals surface area contributed by atoms with Crippen molar-refractivity contribution in [2.45, 2.75) is 45.2 Å². The van der Waals surface area contributed by atoms with E-state index >= 15 is 0 Å². The van der Waals surface area contributed by atoms with Gasteiger partial charge in [-0.05, 0) is 43.5 Å².